The number of nitrogens with zero attached hydrogens (tertiary/aromatic N) is 2. The van der Waals surface area contributed by atoms with Crippen molar-refractivity contribution < 1.29 is 18.8 Å². The molecule has 30 heavy (non-hydrogen) atoms. The van der Waals surface area contributed by atoms with E-state index >= 15 is 0 Å². The van der Waals surface area contributed by atoms with Crippen LogP contribution < -0.4 is 10.6 Å². The molecular formula is C22H24N4O4. The summed E-state index contributed by atoms with van der Waals surface area (Å²) in [7, 11) is 1.63. The van der Waals surface area contributed by atoms with E-state index in [0.717, 1.165) is 11.1 Å². The highest BCUT2D eigenvalue weighted by Crippen LogP contribution is 2.36. The highest BCUT2D eigenvalue weighted by atomic mass is 16.3. The standard InChI is InChI=1S/C22H24N4O4/c1-13-6-4-7-15(10-13)19-18-17(25(3)22(29)24-19)12-26(21(18)28)14(2)20(27)23-11-16-8-5-9-30-16/h4-10,14,19H,11-12H2,1-3H3,(H,23,27)(H,24,29)/t14-,19+/m0/s1. The van der Waals surface area contributed by atoms with E-state index in [1.54, 1.807) is 26.1 Å². The average molecular weight is 408 g/mol. The van der Waals surface area contributed by atoms with Gasteiger partial charge in [0.05, 0.1) is 36.7 Å². The summed E-state index contributed by atoms with van der Waals surface area (Å²) in [4.78, 5) is 41.5. The molecule has 0 radical (unpaired) electrons. The van der Waals surface area contributed by atoms with Gasteiger partial charge in [-0.05, 0) is 31.5 Å². The topological polar surface area (TPSA) is 94.9 Å². The van der Waals surface area contributed by atoms with Crippen molar-refractivity contribution in [2.24, 2.45) is 0 Å². The van der Waals surface area contributed by atoms with Crippen LogP contribution in [0.1, 0.15) is 29.9 Å². The van der Waals surface area contributed by atoms with E-state index < -0.39 is 12.1 Å². The second-order valence-electron chi connectivity index (χ2n) is 7.62. The lowest BCUT2D eigenvalue weighted by Crippen LogP contribution is -2.46. The van der Waals surface area contributed by atoms with E-state index in [9.17, 15) is 14.4 Å². The van der Waals surface area contributed by atoms with Gasteiger partial charge in [0.1, 0.15) is 11.8 Å². The van der Waals surface area contributed by atoms with Gasteiger partial charge in [-0.2, -0.15) is 0 Å². The molecule has 1 aromatic carbocycles. The molecule has 0 fully saturated rings. The Kier molecular flexibility index (Phi) is 5.07. The zero-order valence-corrected chi connectivity index (χ0v) is 17.1. The molecule has 0 bridgehead atoms. The number of carbonyl (C=O) groups is 3. The van der Waals surface area contributed by atoms with E-state index in [-0.39, 0.29) is 30.9 Å². The molecule has 0 aliphatic carbocycles. The van der Waals surface area contributed by atoms with Crippen molar-refractivity contribution in [1.82, 2.24) is 20.4 Å². The number of likely N-dealkylation sites (N-methyl/N-ethyl adjacent to an activating group) is 1. The predicted octanol–water partition coefficient (Wildman–Crippen LogP) is 2.09. The van der Waals surface area contributed by atoms with Crippen molar-refractivity contribution in [3.05, 3.63) is 70.8 Å². The molecule has 0 unspecified atom stereocenters. The van der Waals surface area contributed by atoms with Gasteiger partial charge in [0.25, 0.3) is 5.91 Å². The Hall–Kier alpha value is -3.55. The molecule has 4 rings (SSSR count). The molecule has 2 aromatic rings. The van der Waals surface area contributed by atoms with Crippen LogP contribution in [0, 0.1) is 6.92 Å². The SMILES string of the molecule is Cc1cccc([C@H]2NC(=O)N(C)C3=C2C(=O)N([C@@H](C)C(=O)NCc2ccco2)C3)c1. The van der Waals surface area contributed by atoms with Gasteiger partial charge in [-0.1, -0.05) is 29.8 Å². The summed E-state index contributed by atoms with van der Waals surface area (Å²) in [5.41, 5.74) is 3.01. The number of amides is 4. The first-order valence-electron chi connectivity index (χ1n) is 9.81. The number of nitrogens with one attached hydrogen (secondary N) is 2. The van der Waals surface area contributed by atoms with Crippen molar-refractivity contribution in [3.63, 3.8) is 0 Å². The summed E-state index contributed by atoms with van der Waals surface area (Å²) in [6, 6.07) is 9.72. The van der Waals surface area contributed by atoms with Gasteiger partial charge in [-0.25, -0.2) is 4.79 Å². The lowest BCUT2D eigenvalue weighted by atomic mass is 9.94. The molecule has 0 saturated carbocycles. The first-order chi connectivity index (χ1) is 14.4. The fourth-order valence-electron chi connectivity index (χ4n) is 3.88. The van der Waals surface area contributed by atoms with Crippen LogP contribution in [0.15, 0.2) is 58.3 Å². The zero-order chi connectivity index (χ0) is 21.4. The smallest absolute Gasteiger partial charge is 0.322 e. The van der Waals surface area contributed by atoms with Crippen LogP contribution in [0.4, 0.5) is 4.79 Å². The van der Waals surface area contributed by atoms with Crippen LogP contribution in [-0.2, 0) is 16.1 Å². The Morgan fingerprint density at radius 1 is 1.30 bits per heavy atom. The molecule has 8 heteroatoms. The molecule has 0 saturated heterocycles. The minimum atomic E-state index is -0.695. The largest absolute Gasteiger partial charge is 0.467 e. The van der Waals surface area contributed by atoms with Crippen LogP contribution >= 0.6 is 0 Å². The number of furan rings is 1. The lowest BCUT2D eigenvalue weighted by molar-refractivity contribution is -0.135. The lowest BCUT2D eigenvalue weighted by Gasteiger charge is -2.31. The van der Waals surface area contributed by atoms with Gasteiger partial charge >= 0.3 is 6.03 Å². The van der Waals surface area contributed by atoms with Crippen LogP contribution in [0.2, 0.25) is 0 Å². The van der Waals surface area contributed by atoms with Gasteiger partial charge < -0.3 is 20.0 Å². The van der Waals surface area contributed by atoms with Crippen LogP contribution in [0.25, 0.3) is 0 Å². The molecular weight excluding hydrogens is 384 g/mol. The third-order valence-electron chi connectivity index (χ3n) is 5.63. The third-order valence-corrected chi connectivity index (χ3v) is 5.63. The van der Waals surface area contributed by atoms with E-state index in [1.165, 1.54) is 16.1 Å². The van der Waals surface area contributed by atoms with Crippen molar-refractivity contribution in [3.8, 4) is 0 Å². The van der Waals surface area contributed by atoms with E-state index in [2.05, 4.69) is 10.6 Å². The van der Waals surface area contributed by atoms with E-state index in [4.69, 9.17) is 4.42 Å². The molecule has 2 N–H and O–H groups in total. The maximum Gasteiger partial charge on any atom is 0.322 e. The Morgan fingerprint density at radius 2 is 2.10 bits per heavy atom. The molecule has 2 aliphatic heterocycles. The first kappa shape index (κ1) is 19.8. The van der Waals surface area contributed by atoms with Crippen molar-refractivity contribution in [1.29, 1.82) is 0 Å². The van der Waals surface area contributed by atoms with E-state index in [1.807, 2.05) is 31.2 Å². The zero-order valence-electron chi connectivity index (χ0n) is 17.1. The number of aryl methyl sites for hydroxylation is 1. The Bertz CT molecular complexity index is 1030. The number of benzene rings is 1. The highest BCUT2D eigenvalue weighted by Gasteiger charge is 2.45. The third kappa shape index (κ3) is 3.45. The fraction of sp³-hybridized carbons (Fsp3) is 0.318. The van der Waals surface area contributed by atoms with Crippen LogP contribution in [0.5, 0.6) is 0 Å². The monoisotopic (exact) mass is 408 g/mol. The van der Waals surface area contributed by atoms with Crippen molar-refractivity contribution in [2.75, 3.05) is 13.6 Å². The Morgan fingerprint density at radius 3 is 2.80 bits per heavy atom. The number of rotatable bonds is 5. The molecule has 2 aliphatic rings. The minimum Gasteiger partial charge on any atom is -0.467 e. The predicted molar refractivity (Wildman–Crippen MR) is 109 cm³/mol. The molecule has 0 spiro atoms. The molecule has 1 aromatic heterocycles. The number of hydrogen-bond donors (Lipinski definition) is 2. The van der Waals surface area contributed by atoms with Gasteiger partial charge in [0.15, 0.2) is 0 Å². The quantitative estimate of drug-likeness (QED) is 0.792. The second kappa shape index (κ2) is 7.70. The first-order valence-corrected chi connectivity index (χ1v) is 9.81. The highest BCUT2D eigenvalue weighted by molar-refractivity contribution is 6.03. The maximum absolute atomic E-state index is 13.3. The normalized spacial score (nSPS) is 19.6. The minimum absolute atomic E-state index is 0.204. The summed E-state index contributed by atoms with van der Waals surface area (Å²) in [6.07, 6.45) is 1.54. The molecule has 2 atom stereocenters. The van der Waals surface area contributed by atoms with Gasteiger partial charge in [0.2, 0.25) is 5.91 Å². The van der Waals surface area contributed by atoms with Gasteiger partial charge in [0, 0.05) is 7.05 Å². The summed E-state index contributed by atoms with van der Waals surface area (Å²) in [5.74, 6) is 0.104. The van der Waals surface area contributed by atoms with Crippen molar-refractivity contribution >= 4 is 17.8 Å². The molecule has 156 valence electrons. The number of carbonyl (C=O) groups excluding carboxylic acids is 3. The summed E-state index contributed by atoms with van der Waals surface area (Å²) in [5, 5.41) is 5.71. The van der Waals surface area contributed by atoms with Crippen LogP contribution in [-0.4, -0.2) is 47.3 Å². The van der Waals surface area contributed by atoms with Gasteiger partial charge in [-0.3, -0.25) is 14.5 Å². The fourth-order valence-corrected chi connectivity index (χ4v) is 3.88. The summed E-state index contributed by atoms with van der Waals surface area (Å²) >= 11 is 0. The van der Waals surface area contributed by atoms with Crippen molar-refractivity contribution in [2.45, 2.75) is 32.5 Å². The average Bonchev–Trinajstić information content (AvgIpc) is 3.36. The summed E-state index contributed by atoms with van der Waals surface area (Å²) < 4.78 is 5.23. The molecule has 3 heterocycles. The Balaban J connectivity index is 1.56. The maximum atomic E-state index is 13.3. The number of hydrogen-bond acceptors (Lipinski definition) is 4. The van der Waals surface area contributed by atoms with E-state index in [0.29, 0.717) is 17.0 Å². The summed E-state index contributed by atoms with van der Waals surface area (Å²) in [6.45, 7) is 4.10. The van der Waals surface area contributed by atoms with Crippen LogP contribution in [0.3, 0.4) is 0 Å². The molecule has 4 amide bonds. The molecule has 8 nitrogen and oxygen atoms in total. The van der Waals surface area contributed by atoms with Gasteiger partial charge in [-0.15, -0.1) is 0 Å². The Labute approximate surface area is 174 Å². The number of urea groups is 1. The second-order valence-corrected chi connectivity index (χ2v) is 7.62.